The second kappa shape index (κ2) is 5.89. The van der Waals surface area contributed by atoms with Crippen molar-refractivity contribution in [3.05, 3.63) is 48.7 Å². The first-order valence-electron chi connectivity index (χ1n) is 8.64. The summed E-state index contributed by atoms with van der Waals surface area (Å²) in [5.74, 6) is 0.870. The number of H-pyrrole nitrogens is 1. The van der Waals surface area contributed by atoms with E-state index in [2.05, 4.69) is 33.5 Å². The molecule has 0 amide bonds. The number of hydrogen-bond donors (Lipinski definition) is 2. The first-order chi connectivity index (χ1) is 12.4. The van der Waals surface area contributed by atoms with Gasteiger partial charge in [0.2, 0.25) is 0 Å². The van der Waals surface area contributed by atoms with Crippen LogP contribution in [0.1, 0.15) is 12.8 Å². The molecule has 1 saturated heterocycles. The van der Waals surface area contributed by atoms with Gasteiger partial charge in [0.15, 0.2) is 5.65 Å². The zero-order valence-corrected chi connectivity index (χ0v) is 13.8. The molecule has 4 heterocycles. The van der Waals surface area contributed by atoms with Gasteiger partial charge in [-0.25, -0.2) is 9.50 Å². The quantitative estimate of drug-likeness (QED) is 0.602. The minimum Gasteiger partial charge on any atom is -0.381 e. The van der Waals surface area contributed by atoms with Crippen molar-refractivity contribution < 1.29 is 4.74 Å². The Balaban J connectivity index is 1.53. The van der Waals surface area contributed by atoms with Gasteiger partial charge in [-0.1, -0.05) is 18.2 Å². The minimum absolute atomic E-state index is 0.416. The van der Waals surface area contributed by atoms with Crippen LogP contribution < -0.4 is 5.32 Å². The van der Waals surface area contributed by atoms with Crippen LogP contribution in [0.4, 0.5) is 5.82 Å². The van der Waals surface area contributed by atoms with Gasteiger partial charge in [-0.3, -0.25) is 0 Å². The highest BCUT2D eigenvalue weighted by atomic mass is 16.5. The normalized spacial score (nSPS) is 15.8. The van der Waals surface area contributed by atoms with Gasteiger partial charge >= 0.3 is 0 Å². The Morgan fingerprint density at radius 2 is 2.00 bits per heavy atom. The van der Waals surface area contributed by atoms with Gasteiger partial charge in [0.25, 0.3) is 0 Å². The molecular weight excluding hydrogens is 314 g/mol. The molecule has 1 aromatic carbocycles. The molecule has 3 aromatic heterocycles. The van der Waals surface area contributed by atoms with Crippen molar-refractivity contribution in [1.29, 1.82) is 0 Å². The molecule has 5 rings (SSSR count). The third-order valence-corrected chi connectivity index (χ3v) is 4.74. The molecule has 0 radical (unpaired) electrons. The molecule has 0 unspecified atom stereocenters. The standard InChI is InChI=1S/C19H19N5O/c1-2-4-15-13(3-1)11-16(22-15)17-12-20-19-6-5-18(23-24(17)19)21-14-7-9-25-10-8-14/h1-6,11-12,14,22H,7-10H2,(H,21,23). The summed E-state index contributed by atoms with van der Waals surface area (Å²) in [5, 5.41) is 9.46. The first kappa shape index (κ1) is 14.5. The predicted molar refractivity (Wildman–Crippen MR) is 97.7 cm³/mol. The Labute approximate surface area is 144 Å². The lowest BCUT2D eigenvalue weighted by Gasteiger charge is -2.23. The van der Waals surface area contributed by atoms with Crippen LogP contribution in [0.2, 0.25) is 0 Å². The van der Waals surface area contributed by atoms with Crippen LogP contribution in [0.15, 0.2) is 48.7 Å². The second-order valence-corrected chi connectivity index (χ2v) is 6.43. The van der Waals surface area contributed by atoms with Gasteiger partial charge in [0, 0.05) is 30.2 Å². The maximum Gasteiger partial charge on any atom is 0.154 e. The molecular formula is C19H19N5O. The van der Waals surface area contributed by atoms with Crippen LogP contribution in [0.3, 0.4) is 0 Å². The molecule has 1 fully saturated rings. The molecule has 0 atom stereocenters. The first-order valence-corrected chi connectivity index (χ1v) is 8.64. The fourth-order valence-corrected chi connectivity index (χ4v) is 3.40. The van der Waals surface area contributed by atoms with E-state index in [9.17, 15) is 0 Å². The zero-order chi connectivity index (χ0) is 16.6. The summed E-state index contributed by atoms with van der Waals surface area (Å²) < 4.78 is 7.32. The topological polar surface area (TPSA) is 67.2 Å². The Morgan fingerprint density at radius 3 is 2.88 bits per heavy atom. The molecule has 0 saturated carbocycles. The Morgan fingerprint density at radius 1 is 1.12 bits per heavy atom. The molecule has 0 aliphatic carbocycles. The molecule has 4 aromatic rings. The average Bonchev–Trinajstić information content (AvgIpc) is 3.25. The molecule has 1 aliphatic heterocycles. The Hall–Kier alpha value is -2.86. The molecule has 126 valence electrons. The highest BCUT2D eigenvalue weighted by Crippen LogP contribution is 2.25. The lowest BCUT2D eigenvalue weighted by molar-refractivity contribution is 0.0903. The van der Waals surface area contributed by atoms with E-state index in [4.69, 9.17) is 9.84 Å². The average molecular weight is 333 g/mol. The van der Waals surface area contributed by atoms with Gasteiger partial charge in [0.1, 0.15) is 11.5 Å². The van der Waals surface area contributed by atoms with Crippen molar-refractivity contribution >= 4 is 22.4 Å². The largest absolute Gasteiger partial charge is 0.381 e. The van der Waals surface area contributed by atoms with Crippen molar-refractivity contribution in [3.8, 4) is 11.4 Å². The molecule has 6 heteroatoms. The third-order valence-electron chi connectivity index (χ3n) is 4.74. The highest BCUT2D eigenvalue weighted by molar-refractivity contribution is 5.85. The Bertz CT molecular complexity index is 996. The summed E-state index contributed by atoms with van der Waals surface area (Å²) in [6.45, 7) is 1.62. The van der Waals surface area contributed by atoms with E-state index in [0.29, 0.717) is 6.04 Å². The number of nitrogens with one attached hydrogen (secondary N) is 2. The number of ether oxygens (including phenoxy) is 1. The number of benzene rings is 1. The molecule has 0 bridgehead atoms. The molecule has 1 aliphatic rings. The number of aromatic nitrogens is 4. The number of anilines is 1. The summed E-state index contributed by atoms with van der Waals surface area (Å²) in [6.07, 6.45) is 3.89. The van der Waals surface area contributed by atoms with Gasteiger partial charge in [0.05, 0.1) is 11.9 Å². The Kier molecular flexibility index (Phi) is 3.41. The number of para-hydroxylation sites is 1. The van der Waals surface area contributed by atoms with Crippen molar-refractivity contribution in [2.75, 3.05) is 18.5 Å². The van der Waals surface area contributed by atoms with Crippen molar-refractivity contribution in [3.63, 3.8) is 0 Å². The number of nitrogens with zero attached hydrogens (tertiary/aromatic N) is 3. The van der Waals surface area contributed by atoms with Crippen LogP contribution in [0.25, 0.3) is 27.9 Å². The third kappa shape index (κ3) is 2.64. The van der Waals surface area contributed by atoms with E-state index in [1.54, 1.807) is 0 Å². The fraction of sp³-hybridized carbons (Fsp3) is 0.263. The van der Waals surface area contributed by atoms with E-state index in [1.807, 2.05) is 35.0 Å². The number of hydrogen-bond acceptors (Lipinski definition) is 4. The summed E-state index contributed by atoms with van der Waals surface area (Å²) in [4.78, 5) is 7.94. The van der Waals surface area contributed by atoms with Crippen LogP contribution >= 0.6 is 0 Å². The van der Waals surface area contributed by atoms with E-state index in [1.165, 1.54) is 5.39 Å². The number of rotatable bonds is 3. The van der Waals surface area contributed by atoms with Crippen LogP contribution in [-0.2, 0) is 4.74 Å². The monoisotopic (exact) mass is 333 g/mol. The molecule has 0 spiro atoms. The SMILES string of the molecule is c1ccc2[nH]c(-c3cnc4ccc(NC5CCOCC5)nn34)cc2c1. The van der Waals surface area contributed by atoms with Crippen molar-refractivity contribution in [2.24, 2.45) is 0 Å². The van der Waals surface area contributed by atoms with Crippen LogP contribution in [0.5, 0.6) is 0 Å². The van der Waals surface area contributed by atoms with Gasteiger partial charge < -0.3 is 15.0 Å². The van der Waals surface area contributed by atoms with Gasteiger partial charge in [-0.05, 0) is 37.1 Å². The fourth-order valence-electron chi connectivity index (χ4n) is 3.40. The second-order valence-electron chi connectivity index (χ2n) is 6.43. The number of fused-ring (bicyclic) bond motifs is 2. The van der Waals surface area contributed by atoms with E-state index in [0.717, 1.165) is 54.4 Å². The minimum atomic E-state index is 0.416. The number of aromatic amines is 1. The van der Waals surface area contributed by atoms with Gasteiger partial charge in [-0.2, -0.15) is 0 Å². The molecule has 2 N–H and O–H groups in total. The van der Waals surface area contributed by atoms with Crippen molar-refractivity contribution in [2.45, 2.75) is 18.9 Å². The smallest absolute Gasteiger partial charge is 0.154 e. The van der Waals surface area contributed by atoms with Gasteiger partial charge in [-0.15, -0.1) is 5.10 Å². The van der Waals surface area contributed by atoms with E-state index < -0.39 is 0 Å². The summed E-state index contributed by atoms with van der Waals surface area (Å²) in [7, 11) is 0. The summed E-state index contributed by atoms with van der Waals surface area (Å²) in [6, 6.07) is 14.8. The molecule has 25 heavy (non-hydrogen) atoms. The van der Waals surface area contributed by atoms with E-state index >= 15 is 0 Å². The van der Waals surface area contributed by atoms with Crippen LogP contribution in [-0.4, -0.2) is 38.8 Å². The number of imidazole rings is 1. The van der Waals surface area contributed by atoms with E-state index in [-0.39, 0.29) is 0 Å². The summed E-state index contributed by atoms with van der Waals surface area (Å²) >= 11 is 0. The lowest BCUT2D eigenvalue weighted by Crippen LogP contribution is -2.28. The highest BCUT2D eigenvalue weighted by Gasteiger charge is 2.15. The molecule has 6 nitrogen and oxygen atoms in total. The van der Waals surface area contributed by atoms with Crippen molar-refractivity contribution in [1.82, 2.24) is 19.6 Å². The predicted octanol–water partition coefficient (Wildman–Crippen LogP) is 3.47. The maximum absolute atomic E-state index is 5.42. The summed E-state index contributed by atoms with van der Waals surface area (Å²) in [5.41, 5.74) is 3.93. The zero-order valence-electron chi connectivity index (χ0n) is 13.8. The maximum atomic E-state index is 5.42. The van der Waals surface area contributed by atoms with Crippen LogP contribution in [0, 0.1) is 0 Å². The lowest BCUT2D eigenvalue weighted by atomic mass is 10.1.